The van der Waals surface area contributed by atoms with Crippen molar-refractivity contribution in [1.29, 1.82) is 0 Å². The van der Waals surface area contributed by atoms with Crippen LogP contribution >= 0.6 is 0 Å². The number of hydrogen-bond acceptors (Lipinski definition) is 1. The van der Waals surface area contributed by atoms with Crippen LogP contribution in [0.25, 0.3) is 0 Å². The predicted octanol–water partition coefficient (Wildman–Crippen LogP) is 3.18. The monoisotopic (exact) mass is 196 g/mol. The number of halogens is 1. The van der Waals surface area contributed by atoms with Crippen LogP contribution in [0.3, 0.4) is 0 Å². The van der Waals surface area contributed by atoms with Gasteiger partial charge in [0.15, 0.2) is 0 Å². The molecule has 0 bridgehead atoms. The van der Waals surface area contributed by atoms with E-state index in [0.717, 1.165) is 12.0 Å². The molecule has 1 aromatic rings. The molecule has 0 N–H and O–H groups in total. The van der Waals surface area contributed by atoms with E-state index in [-0.39, 0.29) is 18.0 Å². The molecule has 1 unspecified atom stereocenters. The fourth-order valence-corrected chi connectivity index (χ4v) is 1.47. The van der Waals surface area contributed by atoms with E-state index in [4.69, 9.17) is 4.74 Å². The normalized spacial score (nSPS) is 13.2. The Labute approximate surface area is 84.9 Å². The average Bonchev–Trinajstić information content (AvgIpc) is 2.07. The molecule has 0 aliphatic heterocycles. The summed E-state index contributed by atoms with van der Waals surface area (Å²) in [6.07, 6.45) is 1.25. The van der Waals surface area contributed by atoms with Gasteiger partial charge in [0.05, 0.1) is 12.2 Å². The molecule has 0 saturated carbocycles. The summed E-state index contributed by atoms with van der Waals surface area (Å²) in [5.41, 5.74) is 1.11. The highest BCUT2D eigenvalue weighted by atomic mass is 19.1. The van der Waals surface area contributed by atoms with E-state index < -0.39 is 0 Å². The molecule has 0 saturated heterocycles. The van der Waals surface area contributed by atoms with E-state index in [1.807, 2.05) is 20.8 Å². The van der Waals surface area contributed by atoms with Gasteiger partial charge in [-0.3, -0.25) is 0 Å². The molecule has 1 atom stereocenters. The van der Waals surface area contributed by atoms with E-state index >= 15 is 0 Å². The molecule has 0 aliphatic rings. The van der Waals surface area contributed by atoms with Crippen molar-refractivity contribution in [2.45, 2.75) is 39.4 Å². The van der Waals surface area contributed by atoms with Gasteiger partial charge in [-0.25, -0.2) is 4.39 Å². The van der Waals surface area contributed by atoms with Crippen molar-refractivity contribution in [2.24, 2.45) is 0 Å². The molecule has 1 rings (SSSR count). The van der Waals surface area contributed by atoms with Crippen molar-refractivity contribution in [1.82, 2.24) is 0 Å². The molecule has 1 aromatic carbocycles. The first-order valence-electron chi connectivity index (χ1n) is 4.98. The standard InChI is InChI=1S/C12H17FO/c1-9(2)14-10(3)8-11-4-6-12(13)7-5-11/h4-7,9-10H,8H2,1-3H3. The summed E-state index contributed by atoms with van der Waals surface area (Å²) in [6.45, 7) is 6.06. The summed E-state index contributed by atoms with van der Waals surface area (Å²) in [7, 11) is 0. The highest BCUT2D eigenvalue weighted by Gasteiger charge is 2.05. The lowest BCUT2D eigenvalue weighted by atomic mass is 10.1. The molecule has 0 fully saturated rings. The van der Waals surface area contributed by atoms with Gasteiger partial charge in [0.2, 0.25) is 0 Å². The van der Waals surface area contributed by atoms with Crippen LogP contribution in [0.1, 0.15) is 26.3 Å². The second-order valence-corrected chi connectivity index (χ2v) is 3.83. The molecule has 0 spiro atoms. The van der Waals surface area contributed by atoms with Crippen molar-refractivity contribution in [3.63, 3.8) is 0 Å². The first kappa shape index (κ1) is 11.2. The fraction of sp³-hybridized carbons (Fsp3) is 0.500. The summed E-state index contributed by atoms with van der Waals surface area (Å²) in [6, 6.07) is 6.57. The van der Waals surface area contributed by atoms with Crippen LogP contribution in [0.15, 0.2) is 24.3 Å². The van der Waals surface area contributed by atoms with Gasteiger partial charge in [0.1, 0.15) is 5.82 Å². The van der Waals surface area contributed by atoms with E-state index in [1.54, 1.807) is 12.1 Å². The Hall–Kier alpha value is -0.890. The Kier molecular flexibility index (Phi) is 4.08. The molecule has 2 heteroatoms. The van der Waals surface area contributed by atoms with Gasteiger partial charge in [-0.05, 0) is 44.9 Å². The summed E-state index contributed by atoms with van der Waals surface area (Å²) < 4.78 is 18.2. The predicted molar refractivity (Wildman–Crippen MR) is 55.8 cm³/mol. The largest absolute Gasteiger partial charge is 0.376 e. The van der Waals surface area contributed by atoms with E-state index in [1.165, 1.54) is 12.1 Å². The maximum absolute atomic E-state index is 12.6. The molecule has 14 heavy (non-hydrogen) atoms. The van der Waals surface area contributed by atoms with Gasteiger partial charge in [0.25, 0.3) is 0 Å². The Morgan fingerprint density at radius 3 is 2.21 bits per heavy atom. The van der Waals surface area contributed by atoms with Crippen LogP contribution in [-0.4, -0.2) is 12.2 Å². The molecule has 0 heterocycles. The van der Waals surface area contributed by atoms with Crippen molar-refractivity contribution in [2.75, 3.05) is 0 Å². The van der Waals surface area contributed by atoms with Crippen LogP contribution in [0.2, 0.25) is 0 Å². The Morgan fingerprint density at radius 2 is 1.71 bits per heavy atom. The quantitative estimate of drug-likeness (QED) is 0.718. The van der Waals surface area contributed by atoms with Gasteiger partial charge < -0.3 is 4.74 Å². The lowest BCUT2D eigenvalue weighted by Gasteiger charge is -2.15. The minimum atomic E-state index is -0.189. The molecule has 0 radical (unpaired) electrons. The van der Waals surface area contributed by atoms with Gasteiger partial charge in [-0.15, -0.1) is 0 Å². The number of rotatable bonds is 4. The highest BCUT2D eigenvalue weighted by molar-refractivity contribution is 5.16. The summed E-state index contributed by atoms with van der Waals surface area (Å²) in [4.78, 5) is 0. The van der Waals surface area contributed by atoms with Crippen LogP contribution < -0.4 is 0 Å². The SMILES string of the molecule is CC(C)OC(C)Cc1ccc(F)cc1. The molecule has 0 aliphatic carbocycles. The van der Waals surface area contributed by atoms with E-state index in [0.29, 0.717) is 0 Å². The highest BCUT2D eigenvalue weighted by Crippen LogP contribution is 2.08. The zero-order valence-electron chi connectivity index (χ0n) is 8.96. The second-order valence-electron chi connectivity index (χ2n) is 3.83. The van der Waals surface area contributed by atoms with E-state index in [2.05, 4.69) is 0 Å². The third-order valence-corrected chi connectivity index (χ3v) is 1.94. The average molecular weight is 196 g/mol. The third-order valence-electron chi connectivity index (χ3n) is 1.94. The molecule has 1 nitrogen and oxygen atoms in total. The first-order chi connectivity index (χ1) is 6.58. The first-order valence-corrected chi connectivity index (χ1v) is 4.98. The van der Waals surface area contributed by atoms with Gasteiger partial charge >= 0.3 is 0 Å². The maximum atomic E-state index is 12.6. The Morgan fingerprint density at radius 1 is 1.14 bits per heavy atom. The van der Waals surface area contributed by atoms with Gasteiger partial charge in [0, 0.05) is 0 Å². The molecular weight excluding hydrogens is 179 g/mol. The topological polar surface area (TPSA) is 9.23 Å². The van der Waals surface area contributed by atoms with Crippen LogP contribution in [0.5, 0.6) is 0 Å². The van der Waals surface area contributed by atoms with Crippen LogP contribution in [0.4, 0.5) is 4.39 Å². The van der Waals surface area contributed by atoms with Crippen molar-refractivity contribution in [3.8, 4) is 0 Å². The Bertz CT molecular complexity index is 266. The summed E-state index contributed by atoms with van der Waals surface area (Å²) in [5.74, 6) is -0.189. The van der Waals surface area contributed by atoms with Crippen molar-refractivity contribution < 1.29 is 9.13 Å². The number of hydrogen-bond donors (Lipinski definition) is 0. The van der Waals surface area contributed by atoms with Gasteiger partial charge in [-0.1, -0.05) is 12.1 Å². The van der Waals surface area contributed by atoms with Crippen molar-refractivity contribution in [3.05, 3.63) is 35.6 Å². The Balaban J connectivity index is 2.47. The third kappa shape index (κ3) is 3.88. The minimum absolute atomic E-state index is 0.181. The molecular formula is C12H17FO. The molecule has 0 aromatic heterocycles. The maximum Gasteiger partial charge on any atom is 0.123 e. The van der Waals surface area contributed by atoms with Crippen LogP contribution in [0, 0.1) is 5.82 Å². The zero-order valence-corrected chi connectivity index (χ0v) is 8.96. The number of ether oxygens (including phenoxy) is 1. The lowest BCUT2D eigenvalue weighted by Crippen LogP contribution is -2.16. The zero-order chi connectivity index (χ0) is 10.6. The van der Waals surface area contributed by atoms with Crippen molar-refractivity contribution >= 4 is 0 Å². The molecule has 78 valence electrons. The van der Waals surface area contributed by atoms with Crippen LogP contribution in [-0.2, 0) is 11.2 Å². The summed E-state index contributed by atoms with van der Waals surface area (Å²) >= 11 is 0. The lowest BCUT2D eigenvalue weighted by molar-refractivity contribution is 0.0195. The fourth-order valence-electron chi connectivity index (χ4n) is 1.47. The smallest absolute Gasteiger partial charge is 0.123 e. The second kappa shape index (κ2) is 5.11. The minimum Gasteiger partial charge on any atom is -0.376 e. The summed E-state index contributed by atoms with van der Waals surface area (Å²) in [5, 5.41) is 0. The number of benzene rings is 1. The van der Waals surface area contributed by atoms with Gasteiger partial charge in [-0.2, -0.15) is 0 Å². The van der Waals surface area contributed by atoms with E-state index in [9.17, 15) is 4.39 Å². The molecule has 0 amide bonds.